The molecule has 1 aliphatic rings. The smallest absolute Gasteiger partial charge is 0.166 e. The predicted octanol–water partition coefficient (Wildman–Crippen LogP) is 1.66. The van der Waals surface area contributed by atoms with E-state index in [4.69, 9.17) is 12.2 Å². The van der Waals surface area contributed by atoms with Crippen molar-refractivity contribution in [3.05, 3.63) is 0 Å². The van der Waals surface area contributed by atoms with Gasteiger partial charge >= 0.3 is 0 Å². The minimum Gasteiger partial charge on any atom is -0.362 e. The number of hydrogen-bond acceptors (Lipinski definition) is 1. The Morgan fingerprint density at radius 1 is 1.58 bits per heavy atom. The molecule has 0 saturated heterocycles. The molecule has 0 aromatic carbocycles. The molecule has 2 N–H and O–H groups in total. The van der Waals surface area contributed by atoms with E-state index in [0.717, 1.165) is 11.7 Å². The lowest BCUT2D eigenvalue weighted by Gasteiger charge is -2.12. The molecule has 0 unspecified atom stereocenters. The lowest BCUT2D eigenvalue weighted by atomic mass is 10.1. The summed E-state index contributed by atoms with van der Waals surface area (Å²) in [6.07, 6.45) is 3.77. The van der Waals surface area contributed by atoms with Crippen LogP contribution in [0.4, 0.5) is 0 Å². The first-order chi connectivity index (χ1) is 5.72. The number of hydrogen-bond donors (Lipinski definition) is 2. The van der Waals surface area contributed by atoms with Crippen LogP contribution in [-0.4, -0.2) is 17.7 Å². The van der Waals surface area contributed by atoms with Crippen molar-refractivity contribution < 1.29 is 0 Å². The quantitative estimate of drug-likeness (QED) is 0.653. The number of thiocarbonyl (C=S) groups is 1. The van der Waals surface area contributed by atoms with Crippen LogP contribution in [0.5, 0.6) is 0 Å². The maximum absolute atomic E-state index is 5.11. The summed E-state index contributed by atoms with van der Waals surface area (Å²) in [5, 5.41) is 7.31. The van der Waals surface area contributed by atoms with E-state index in [-0.39, 0.29) is 0 Å². The van der Waals surface area contributed by atoms with E-state index in [1.165, 1.54) is 19.3 Å². The third kappa shape index (κ3) is 3.90. The monoisotopic (exact) mass is 186 g/mol. The van der Waals surface area contributed by atoms with Gasteiger partial charge in [-0.1, -0.05) is 20.3 Å². The minimum atomic E-state index is 0.668. The fraction of sp³-hybridized carbons (Fsp3) is 0.889. The number of rotatable bonds is 4. The first-order valence-corrected chi connectivity index (χ1v) is 5.17. The third-order valence-electron chi connectivity index (χ3n) is 2.22. The fourth-order valence-electron chi connectivity index (χ4n) is 0.875. The summed E-state index contributed by atoms with van der Waals surface area (Å²) in [5.41, 5.74) is 0. The van der Waals surface area contributed by atoms with Crippen LogP contribution >= 0.6 is 12.2 Å². The van der Waals surface area contributed by atoms with Crippen LogP contribution in [0.2, 0.25) is 0 Å². The third-order valence-corrected chi connectivity index (χ3v) is 2.48. The van der Waals surface area contributed by atoms with Crippen molar-refractivity contribution in [1.82, 2.24) is 10.6 Å². The van der Waals surface area contributed by atoms with Crippen LogP contribution < -0.4 is 10.6 Å². The molecule has 0 aromatic rings. The van der Waals surface area contributed by atoms with Crippen molar-refractivity contribution in [2.45, 2.75) is 39.2 Å². The summed E-state index contributed by atoms with van der Waals surface area (Å²) in [7, 11) is 0. The van der Waals surface area contributed by atoms with Gasteiger partial charge in [0.2, 0.25) is 0 Å². The molecule has 1 saturated carbocycles. The minimum absolute atomic E-state index is 0.668. The predicted molar refractivity (Wildman–Crippen MR) is 56.2 cm³/mol. The van der Waals surface area contributed by atoms with Gasteiger partial charge in [-0.2, -0.15) is 0 Å². The zero-order chi connectivity index (χ0) is 8.97. The molecule has 0 bridgehead atoms. The van der Waals surface area contributed by atoms with Crippen molar-refractivity contribution in [1.29, 1.82) is 0 Å². The van der Waals surface area contributed by atoms with Gasteiger partial charge in [0.15, 0.2) is 5.11 Å². The molecule has 0 aliphatic heterocycles. The van der Waals surface area contributed by atoms with Crippen molar-refractivity contribution in [3.63, 3.8) is 0 Å². The van der Waals surface area contributed by atoms with Gasteiger partial charge in [0.1, 0.15) is 0 Å². The van der Waals surface area contributed by atoms with Crippen LogP contribution in [0.1, 0.15) is 33.1 Å². The topological polar surface area (TPSA) is 24.1 Å². The maximum Gasteiger partial charge on any atom is 0.166 e. The maximum atomic E-state index is 5.11. The summed E-state index contributed by atoms with van der Waals surface area (Å²) >= 11 is 5.11. The molecule has 0 spiro atoms. The lowest BCUT2D eigenvalue weighted by Crippen LogP contribution is -2.38. The van der Waals surface area contributed by atoms with Crippen molar-refractivity contribution in [3.8, 4) is 0 Å². The zero-order valence-corrected chi connectivity index (χ0v) is 8.71. The molecule has 70 valence electrons. The van der Waals surface area contributed by atoms with Crippen molar-refractivity contribution in [2.75, 3.05) is 6.54 Å². The highest BCUT2D eigenvalue weighted by molar-refractivity contribution is 7.80. The number of nitrogens with one attached hydrogen (secondary N) is 2. The molecule has 12 heavy (non-hydrogen) atoms. The van der Waals surface area contributed by atoms with Crippen LogP contribution in [0.3, 0.4) is 0 Å². The van der Waals surface area contributed by atoms with E-state index >= 15 is 0 Å². The van der Waals surface area contributed by atoms with Gasteiger partial charge in [-0.05, 0) is 31.0 Å². The Morgan fingerprint density at radius 2 is 2.25 bits per heavy atom. The van der Waals surface area contributed by atoms with Gasteiger partial charge in [0.25, 0.3) is 0 Å². The largest absolute Gasteiger partial charge is 0.362 e. The van der Waals surface area contributed by atoms with Crippen LogP contribution in [0, 0.1) is 5.92 Å². The van der Waals surface area contributed by atoms with Crippen molar-refractivity contribution >= 4 is 17.3 Å². The molecule has 2 nitrogen and oxygen atoms in total. The van der Waals surface area contributed by atoms with Crippen molar-refractivity contribution in [2.24, 2.45) is 5.92 Å². The molecule has 1 aliphatic carbocycles. The Hall–Kier alpha value is -0.310. The summed E-state index contributed by atoms with van der Waals surface area (Å²) in [6, 6.07) is 0.668. The second kappa shape index (κ2) is 4.65. The molecule has 1 atom stereocenters. The Bertz CT molecular complexity index is 155. The zero-order valence-electron chi connectivity index (χ0n) is 7.89. The summed E-state index contributed by atoms with van der Waals surface area (Å²) in [5.74, 6) is 0.712. The average molecular weight is 186 g/mol. The van der Waals surface area contributed by atoms with E-state index in [1.54, 1.807) is 0 Å². The second-order valence-corrected chi connectivity index (χ2v) is 4.05. The van der Waals surface area contributed by atoms with E-state index in [2.05, 4.69) is 24.5 Å². The molecular weight excluding hydrogens is 168 g/mol. The van der Waals surface area contributed by atoms with Gasteiger partial charge in [-0.3, -0.25) is 0 Å². The fourth-order valence-corrected chi connectivity index (χ4v) is 1.13. The average Bonchev–Trinajstić information content (AvgIpc) is 2.84. The van der Waals surface area contributed by atoms with Gasteiger partial charge in [0.05, 0.1) is 0 Å². The first kappa shape index (κ1) is 9.78. The standard InChI is InChI=1S/C9H18N2S/c1-3-7(2)6-10-9(12)11-8-4-5-8/h7-8H,3-6H2,1-2H3,(H2,10,11,12)/t7-/m0/s1. The molecule has 0 heterocycles. The van der Waals surface area contributed by atoms with E-state index < -0.39 is 0 Å². The SMILES string of the molecule is CC[C@H](C)CNC(=S)NC1CC1. The van der Waals surface area contributed by atoms with Crippen LogP contribution in [-0.2, 0) is 0 Å². The Labute approximate surface area is 80.1 Å². The van der Waals surface area contributed by atoms with Crippen LogP contribution in [0.15, 0.2) is 0 Å². The summed E-state index contributed by atoms with van der Waals surface area (Å²) < 4.78 is 0. The summed E-state index contributed by atoms with van der Waals surface area (Å²) in [4.78, 5) is 0. The molecule has 0 aromatic heterocycles. The van der Waals surface area contributed by atoms with E-state index in [9.17, 15) is 0 Å². The molecule has 0 radical (unpaired) electrons. The normalized spacial score (nSPS) is 18.5. The Morgan fingerprint density at radius 3 is 2.75 bits per heavy atom. The molecule has 1 fully saturated rings. The van der Waals surface area contributed by atoms with Gasteiger partial charge < -0.3 is 10.6 Å². The van der Waals surface area contributed by atoms with Gasteiger partial charge in [0, 0.05) is 12.6 Å². The molecule has 0 amide bonds. The second-order valence-electron chi connectivity index (χ2n) is 3.64. The highest BCUT2D eigenvalue weighted by Crippen LogP contribution is 2.18. The molecule has 1 rings (SSSR count). The van der Waals surface area contributed by atoms with Crippen LogP contribution in [0.25, 0.3) is 0 Å². The summed E-state index contributed by atoms with van der Waals surface area (Å²) in [6.45, 7) is 5.42. The molecular formula is C9H18N2S. The Balaban J connectivity index is 2.00. The lowest BCUT2D eigenvalue weighted by molar-refractivity contribution is 0.546. The van der Waals surface area contributed by atoms with Gasteiger partial charge in [-0.25, -0.2) is 0 Å². The van der Waals surface area contributed by atoms with E-state index in [0.29, 0.717) is 12.0 Å². The Kier molecular flexibility index (Phi) is 3.79. The highest BCUT2D eigenvalue weighted by atomic mass is 32.1. The van der Waals surface area contributed by atoms with E-state index in [1.807, 2.05) is 0 Å². The highest BCUT2D eigenvalue weighted by Gasteiger charge is 2.21. The molecule has 3 heteroatoms. The van der Waals surface area contributed by atoms with Gasteiger partial charge in [-0.15, -0.1) is 0 Å². The first-order valence-electron chi connectivity index (χ1n) is 4.76.